The molecule has 0 fully saturated rings. The number of ether oxygens (including phenoxy) is 2. The van der Waals surface area contributed by atoms with E-state index in [0.717, 1.165) is 52.5 Å². The third-order valence-electron chi connectivity index (χ3n) is 10.4. The molecule has 0 bridgehead atoms. The largest absolute Gasteiger partial charge is 0.491 e. The first kappa shape index (κ1) is 44.0. The highest BCUT2D eigenvalue weighted by Crippen LogP contribution is 2.49. The molecule has 0 spiro atoms. The number of hydrogen-bond donors (Lipinski definition) is 1. The first-order valence-electron chi connectivity index (χ1n) is 20.4. The predicted molar refractivity (Wildman–Crippen MR) is 240 cm³/mol. The number of nitrogens with one attached hydrogen (secondary N) is 1. The van der Waals surface area contributed by atoms with E-state index in [9.17, 15) is 20.2 Å². The van der Waals surface area contributed by atoms with E-state index < -0.39 is 5.41 Å². The van der Waals surface area contributed by atoms with Gasteiger partial charge in [0.05, 0.1) is 22.1 Å². The monoisotopic (exact) mass is 798 g/mol. The van der Waals surface area contributed by atoms with E-state index in [0.29, 0.717) is 19.5 Å². The summed E-state index contributed by atoms with van der Waals surface area (Å²) >= 11 is 0. The molecule has 10 nitrogen and oxygen atoms in total. The van der Waals surface area contributed by atoms with Crippen LogP contribution >= 0.6 is 0 Å². The van der Waals surface area contributed by atoms with Crippen LogP contribution in [0.25, 0.3) is 0 Å². The van der Waals surface area contributed by atoms with Crippen molar-refractivity contribution >= 4 is 22.7 Å². The van der Waals surface area contributed by atoms with Crippen molar-refractivity contribution in [1.29, 1.82) is 0 Å². The molecule has 0 saturated heterocycles. The van der Waals surface area contributed by atoms with Crippen LogP contribution in [-0.2, 0) is 23.7 Å². The van der Waals surface area contributed by atoms with Crippen LogP contribution in [0.4, 0.5) is 22.7 Å². The number of fused-ring (bicyclic) bond motifs is 1. The quantitative estimate of drug-likeness (QED) is 0.0565. The van der Waals surface area contributed by atoms with Crippen LogP contribution in [0.2, 0.25) is 0 Å². The second-order valence-corrected chi connectivity index (χ2v) is 16.6. The summed E-state index contributed by atoms with van der Waals surface area (Å²) < 4.78 is 11.6. The number of hydrogen-bond acceptors (Lipinski definition) is 8. The normalized spacial score (nSPS) is 14.6. The van der Waals surface area contributed by atoms with Gasteiger partial charge in [-0.3, -0.25) is 20.2 Å². The molecule has 4 aromatic rings. The van der Waals surface area contributed by atoms with Gasteiger partial charge in [0.15, 0.2) is 0 Å². The Labute approximate surface area is 349 Å². The number of nitro groups is 2. The Morgan fingerprint density at radius 3 is 1.86 bits per heavy atom. The van der Waals surface area contributed by atoms with E-state index in [1.54, 1.807) is 24.3 Å². The summed E-state index contributed by atoms with van der Waals surface area (Å²) in [6.45, 7) is 17.8. The van der Waals surface area contributed by atoms with Crippen molar-refractivity contribution in [1.82, 2.24) is 0 Å². The van der Waals surface area contributed by atoms with Crippen molar-refractivity contribution in [2.24, 2.45) is 0 Å². The third-order valence-corrected chi connectivity index (χ3v) is 10.4. The van der Waals surface area contributed by atoms with Gasteiger partial charge in [-0.25, -0.2) is 0 Å². The zero-order chi connectivity index (χ0) is 42.7. The van der Waals surface area contributed by atoms with Crippen LogP contribution in [0.5, 0.6) is 11.5 Å². The average molecular weight is 799 g/mol. The van der Waals surface area contributed by atoms with Crippen LogP contribution in [-0.4, -0.2) is 35.1 Å². The fourth-order valence-corrected chi connectivity index (χ4v) is 7.36. The van der Waals surface area contributed by atoms with E-state index in [2.05, 4.69) is 74.3 Å². The lowest BCUT2D eigenvalue weighted by Crippen LogP contribution is -2.27. The van der Waals surface area contributed by atoms with Crippen molar-refractivity contribution in [3.8, 4) is 11.5 Å². The molecule has 310 valence electrons. The first-order valence-corrected chi connectivity index (χ1v) is 20.4. The van der Waals surface area contributed by atoms with Gasteiger partial charge in [-0.2, -0.15) is 0 Å². The van der Waals surface area contributed by atoms with Gasteiger partial charge in [0.2, 0.25) is 0 Å². The fourth-order valence-electron chi connectivity index (χ4n) is 7.36. The fraction of sp³-hybridized carbons (Fsp3) is 0.347. The molecule has 0 radical (unpaired) electrons. The summed E-state index contributed by atoms with van der Waals surface area (Å²) in [5, 5.41) is 27.0. The van der Waals surface area contributed by atoms with Gasteiger partial charge in [0, 0.05) is 59.8 Å². The number of anilines is 2. The smallest absolute Gasteiger partial charge is 0.269 e. The molecular weight excluding hydrogens is 741 g/mol. The summed E-state index contributed by atoms with van der Waals surface area (Å²) in [6, 6.07) is 26.5. The maximum Gasteiger partial charge on any atom is 0.269 e. The molecule has 0 atom stereocenters. The Kier molecular flexibility index (Phi) is 14.5. The lowest BCUT2D eigenvalue weighted by atomic mass is 9.80. The molecule has 10 heteroatoms. The first-order chi connectivity index (χ1) is 28.0. The molecule has 5 rings (SSSR count). The average Bonchev–Trinajstić information content (AvgIpc) is 3.39. The van der Waals surface area contributed by atoms with E-state index in [-0.39, 0.29) is 38.8 Å². The van der Waals surface area contributed by atoms with Gasteiger partial charge < -0.3 is 19.7 Å². The maximum atomic E-state index is 11.7. The molecule has 0 saturated carbocycles. The summed E-state index contributed by atoms with van der Waals surface area (Å²) in [5.41, 5.74) is 6.40. The Hall–Kier alpha value is -6.16. The van der Waals surface area contributed by atoms with Crippen molar-refractivity contribution in [2.75, 3.05) is 23.3 Å². The van der Waals surface area contributed by atoms with Crippen LogP contribution in [0.3, 0.4) is 0 Å². The minimum Gasteiger partial charge on any atom is -0.491 e. The molecule has 1 N–H and O–H groups in total. The predicted octanol–water partition coefficient (Wildman–Crippen LogP) is 12.0. The molecule has 0 unspecified atom stereocenters. The van der Waals surface area contributed by atoms with E-state index >= 15 is 0 Å². The minimum absolute atomic E-state index is 0.0682. The Morgan fingerprint density at radius 2 is 1.27 bits per heavy atom. The lowest BCUT2D eigenvalue weighted by Gasteiger charge is -2.27. The second-order valence-electron chi connectivity index (χ2n) is 16.6. The Morgan fingerprint density at radius 1 is 0.729 bits per heavy atom. The maximum absolute atomic E-state index is 11.7. The molecule has 1 aliphatic rings. The van der Waals surface area contributed by atoms with Crippen molar-refractivity contribution < 1.29 is 19.3 Å². The van der Waals surface area contributed by atoms with Gasteiger partial charge in [0.25, 0.3) is 11.4 Å². The third kappa shape index (κ3) is 11.7. The zero-order valence-electron chi connectivity index (χ0n) is 35.6. The standard InChI is InChI=1S/C49H58N4O6/c1-35(2)58-41-22-16-37(17-23-41)28-31-50-45-26-20-39(52(54)55)33-43(45)48(5,6)30-14-12-10-9-11-13-15-47-49(7,8)44-34-40(53(56)57)21-27-46(44)51(47)32-29-38-18-24-42(25-19-38)59-36(3)4/h9-27,33-36,50H,28-32H2,1-8H3/b10-9+,13-11+,14-12+,47-15+. The molecule has 0 amide bonds. The number of rotatable bonds is 19. The van der Waals surface area contributed by atoms with Crippen molar-refractivity contribution in [2.45, 2.75) is 97.7 Å². The number of non-ortho nitro benzene ring substituents is 2. The molecular formula is C49H58N4O6. The van der Waals surface area contributed by atoms with Gasteiger partial charge in [-0.1, -0.05) is 88.4 Å². The van der Waals surface area contributed by atoms with Gasteiger partial charge in [-0.15, -0.1) is 0 Å². The van der Waals surface area contributed by atoms with Crippen LogP contribution in [0.15, 0.2) is 133 Å². The topological polar surface area (TPSA) is 120 Å². The molecule has 1 heterocycles. The lowest BCUT2D eigenvalue weighted by molar-refractivity contribution is -0.385. The summed E-state index contributed by atoms with van der Waals surface area (Å²) in [6.07, 6.45) is 16.6. The number of benzene rings is 4. The molecule has 59 heavy (non-hydrogen) atoms. The van der Waals surface area contributed by atoms with Gasteiger partial charge >= 0.3 is 0 Å². The van der Waals surface area contributed by atoms with E-state index in [1.807, 2.05) is 94.5 Å². The van der Waals surface area contributed by atoms with Gasteiger partial charge in [-0.05, 0) is 117 Å². The highest BCUT2D eigenvalue weighted by Gasteiger charge is 2.40. The molecule has 0 aliphatic carbocycles. The zero-order valence-corrected chi connectivity index (χ0v) is 35.6. The SMILES string of the molecule is CC(C)Oc1ccc(CCNc2ccc([N+](=O)[O-])cc2C(C)(C)C/C=C/C=C/C=C/C=C2/N(CCc3ccc(OC(C)C)cc3)c3ccc([N+](=O)[O-])cc3C2(C)C)cc1. The second kappa shape index (κ2) is 19.5. The summed E-state index contributed by atoms with van der Waals surface area (Å²) in [7, 11) is 0. The summed E-state index contributed by atoms with van der Waals surface area (Å²) in [5.74, 6) is 1.69. The van der Waals surface area contributed by atoms with Crippen LogP contribution in [0.1, 0.15) is 84.1 Å². The van der Waals surface area contributed by atoms with Crippen molar-refractivity contribution in [3.05, 3.63) is 176 Å². The highest BCUT2D eigenvalue weighted by atomic mass is 16.6. The van der Waals surface area contributed by atoms with E-state index in [1.165, 1.54) is 11.1 Å². The van der Waals surface area contributed by atoms with Crippen LogP contribution in [0, 0.1) is 20.2 Å². The van der Waals surface area contributed by atoms with E-state index in [4.69, 9.17) is 9.47 Å². The highest BCUT2D eigenvalue weighted by molar-refractivity contribution is 5.73. The number of nitro benzene ring substituents is 2. The van der Waals surface area contributed by atoms with Gasteiger partial charge in [0.1, 0.15) is 11.5 Å². The van der Waals surface area contributed by atoms with Crippen molar-refractivity contribution in [3.63, 3.8) is 0 Å². The minimum atomic E-state index is -0.454. The number of nitrogens with zero attached hydrogens (tertiary/aromatic N) is 3. The summed E-state index contributed by atoms with van der Waals surface area (Å²) in [4.78, 5) is 25.0. The number of allylic oxidation sites excluding steroid dienone is 8. The molecule has 4 aromatic carbocycles. The molecule has 0 aromatic heterocycles. The Balaban J connectivity index is 1.25. The Bertz CT molecular complexity index is 2200. The van der Waals surface area contributed by atoms with Crippen LogP contribution < -0.4 is 19.7 Å². The molecule has 1 aliphatic heterocycles.